The maximum absolute atomic E-state index is 4.80. The molecule has 5 heteroatoms. The first-order chi connectivity index (χ1) is 8.43. The zero-order chi connectivity index (χ0) is 13.3. The molecule has 2 heterocycles. The third kappa shape index (κ3) is 2.47. The Kier molecular flexibility index (Phi) is 3.54. The molecule has 2 aromatic heterocycles. The van der Waals surface area contributed by atoms with Gasteiger partial charge in [-0.1, -0.05) is 20.8 Å². The highest BCUT2D eigenvalue weighted by atomic mass is 32.1. The van der Waals surface area contributed by atoms with E-state index >= 15 is 0 Å². The fourth-order valence-corrected chi connectivity index (χ4v) is 3.21. The maximum Gasteiger partial charge on any atom is 0.168 e. The second-order valence-corrected chi connectivity index (χ2v) is 6.52. The van der Waals surface area contributed by atoms with Gasteiger partial charge in [0.1, 0.15) is 0 Å². The SMILES string of the molecule is CNCc1sc(-c2nccn2C)nc1C(C)(C)C. The Morgan fingerprint density at radius 1 is 1.39 bits per heavy atom. The number of nitrogens with one attached hydrogen (secondary N) is 1. The molecule has 18 heavy (non-hydrogen) atoms. The van der Waals surface area contributed by atoms with Gasteiger partial charge in [0.25, 0.3) is 0 Å². The van der Waals surface area contributed by atoms with Crippen molar-refractivity contribution in [3.05, 3.63) is 23.0 Å². The topological polar surface area (TPSA) is 42.7 Å². The molecule has 2 rings (SSSR count). The second kappa shape index (κ2) is 4.82. The molecule has 0 saturated carbocycles. The third-order valence-corrected chi connectivity index (χ3v) is 3.81. The first-order valence-corrected chi connectivity index (χ1v) is 6.87. The van der Waals surface area contributed by atoms with E-state index in [0.29, 0.717) is 0 Å². The van der Waals surface area contributed by atoms with Gasteiger partial charge in [0, 0.05) is 36.3 Å². The summed E-state index contributed by atoms with van der Waals surface area (Å²) < 4.78 is 2.01. The largest absolute Gasteiger partial charge is 0.332 e. The standard InChI is InChI=1S/C13H20N4S/c1-13(2,3)10-9(8-14-4)18-12(16-10)11-15-6-7-17(11)5/h6-7,14H,8H2,1-5H3. The molecule has 0 aliphatic rings. The van der Waals surface area contributed by atoms with E-state index in [0.717, 1.165) is 17.4 Å². The average Bonchev–Trinajstić information content (AvgIpc) is 2.83. The van der Waals surface area contributed by atoms with Gasteiger partial charge in [0.05, 0.1) is 5.69 Å². The van der Waals surface area contributed by atoms with E-state index in [9.17, 15) is 0 Å². The fourth-order valence-electron chi connectivity index (χ4n) is 1.89. The van der Waals surface area contributed by atoms with Crippen molar-refractivity contribution >= 4 is 11.3 Å². The molecule has 1 N–H and O–H groups in total. The van der Waals surface area contributed by atoms with E-state index in [1.54, 1.807) is 11.3 Å². The van der Waals surface area contributed by atoms with Crippen LogP contribution in [0.25, 0.3) is 10.8 Å². The summed E-state index contributed by atoms with van der Waals surface area (Å²) in [5.74, 6) is 0.938. The highest BCUT2D eigenvalue weighted by Crippen LogP contribution is 2.33. The van der Waals surface area contributed by atoms with Crippen molar-refractivity contribution < 1.29 is 0 Å². The van der Waals surface area contributed by atoms with Crippen molar-refractivity contribution in [3.63, 3.8) is 0 Å². The average molecular weight is 264 g/mol. The Bertz CT molecular complexity index is 533. The molecule has 0 bridgehead atoms. The fraction of sp³-hybridized carbons (Fsp3) is 0.538. The van der Waals surface area contributed by atoms with Crippen molar-refractivity contribution in [1.82, 2.24) is 19.9 Å². The molecule has 0 atom stereocenters. The predicted molar refractivity (Wildman–Crippen MR) is 75.8 cm³/mol. The molecule has 0 aromatic carbocycles. The van der Waals surface area contributed by atoms with E-state index in [-0.39, 0.29) is 5.41 Å². The lowest BCUT2D eigenvalue weighted by Crippen LogP contribution is -2.16. The molecule has 0 radical (unpaired) electrons. The molecule has 4 nitrogen and oxygen atoms in total. The number of rotatable bonds is 3. The monoisotopic (exact) mass is 264 g/mol. The molecule has 0 amide bonds. The Balaban J connectivity index is 2.49. The van der Waals surface area contributed by atoms with Crippen LogP contribution in [0.3, 0.4) is 0 Å². The van der Waals surface area contributed by atoms with Gasteiger partial charge in [0.2, 0.25) is 0 Å². The summed E-state index contributed by atoms with van der Waals surface area (Å²) in [6.07, 6.45) is 3.76. The lowest BCUT2D eigenvalue weighted by Gasteiger charge is -2.17. The minimum Gasteiger partial charge on any atom is -0.332 e. The van der Waals surface area contributed by atoms with Crippen molar-refractivity contribution in [2.24, 2.45) is 7.05 Å². The van der Waals surface area contributed by atoms with Crippen LogP contribution < -0.4 is 5.32 Å². The van der Waals surface area contributed by atoms with Gasteiger partial charge in [-0.25, -0.2) is 9.97 Å². The molecular formula is C13H20N4S. The molecule has 0 aliphatic heterocycles. The molecule has 0 unspecified atom stereocenters. The van der Waals surface area contributed by atoms with Gasteiger partial charge in [0.15, 0.2) is 10.8 Å². The zero-order valence-corrected chi connectivity index (χ0v) is 12.4. The summed E-state index contributed by atoms with van der Waals surface area (Å²) in [4.78, 5) is 10.5. The van der Waals surface area contributed by atoms with E-state index in [4.69, 9.17) is 4.98 Å². The number of imidazole rings is 1. The van der Waals surface area contributed by atoms with Crippen LogP contribution in [0.1, 0.15) is 31.3 Å². The van der Waals surface area contributed by atoms with Crippen molar-refractivity contribution in [2.45, 2.75) is 32.7 Å². The van der Waals surface area contributed by atoms with Gasteiger partial charge in [-0.05, 0) is 7.05 Å². The Morgan fingerprint density at radius 3 is 2.61 bits per heavy atom. The van der Waals surface area contributed by atoms with Gasteiger partial charge in [-0.3, -0.25) is 0 Å². The lowest BCUT2D eigenvalue weighted by molar-refractivity contribution is 0.563. The summed E-state index contributed by atoms with van der Waals surface area (Å²) in [6, 6.07) is 0. The van der Waals surface area contributed by atoms with Crippen molar-refractivity contribution in [3.8, 4) is 10.8 Å². The quantitative estimate of drug-likeness (QED) is 0.926. The van der Waals surface area contributed by atoms with Crippen LogP contribution in [0.5, 0.6) is 0 Å². The number of thiazole rings is 1. The van der Waals surface area contributed by atoms with Crippen LogP contribution in [0, 0.1) is 0 Å². The number of aryl methyl sites for hydroxylation is 1. The molecule has 0 saturated heterocycles. The summed E-state index contributed by atoms with van der Waals surface area (Å²) in [7, 11) is 3.96. The third-order valence-electron chi connectivity index (χ3n) is 2.76. The molecule has 0 spiro atoms. The Hall–Kier alpha value is -1.20. The lowest BCUT2D eigenvalue weighted by atomic mass is 9.91. The highest BCUT2D eigenvalue weighted by molar-refractivity contribution is 7.15. The van der Waals surface area contributed by atoms with Gasteiger partial charge in [-0.2, -0.15) is 0 Å². The minimum atomic E-state index is 0.0616. The van der Waals surface area contributed by atoms with Gasteiger partial charge < -0.3 is 9.88 Å². The highest BCUT2D eigenvalue weighted by Gasteiger charge is 2.24. The molecule has 98 valence electrons. The van der Waals surface area contributed by atoms with Crippen molar-refractivity contribution in [2.75, 3.05) is 7.05 Å². The normalized spacial score (nSPS) is 12.1. The van der Waals surface area contributed by atoms with E-state index in [1.807, 2.05) is 31.1 Å². The number of hydrogen-bond donors (Lipinski definition) is 1. The number of aromatic nitrogens is 3. The van der Waals surface area contributed by atoms with Gasteiger partial charge >= 0.3 is 0 Å². The van der Waals surface area contributed by atoms with Crippen LogP contribution in [0.2, 0.25) is 0 Å². The Labute approximate surface area is 112 Å². The minimum absolute atomic E-state index is 0.0616. The van der Waals surface area contributed by atoms with Crippen LogP contribution in [-0.2, 0) is 19.0 Å². The van der Waals surface area contributed by atoms with E-state index in [2.05, 4.69) is 31.1 Å². The molecule has 2 aromatic rings. The van der Waals surface area contributed by atoms with E-state index < -0.39 is 0 Å². The summed E-state index contributed by atoms with van der Waals surface area (Å²) >= 11 is 1.73. The number of nitrogens with zero attached hydrogens (tertiary/aromatic N) is 3. The molecular weight excluding hydrogens is 244 g/mol. The predicted octanol–water partition coefficient (Wildman–Crippen LogP) is 2.56. The van der Waals surface area contributed by atoms with Gasteiger partial charge in [-0.15, -0.1) is 11.3 Å². The first-order valence-electron chi connectivity index (χ1n) is 6.06. The Morgan fingerprint density at radius 2 is 2.11 bits per heavy atom. The van der Waals surface area contributed by atoms with Crippen LogP contribution in [0.15, 0.2) is 12.4 Å². The summed E-state index contributed by atoms with van der Waals surface area (Å²) in [5.41, 5.74) is 1.23. The maximum atomic E-state index is 4.80. The summed E-state index contributed by atoms with van der Waals surface area (Å²) in [5, 5.41) is 4.21. The van der Waals surface area contributed by atoms with Crippen LogP contribution in [0.4, 0.5) is 0 Å². The van der Waals surface area contributed by atoms with E-state index in [1.165, 1.54) is 10.6 Å². The van der Waals surface area contributed by atoms with Crippen LogP contribution >= 0.6 is 11.3 Å². The smallest absolute Gasteiger partial charge is 0.168 e. The van der Waals surface area contributed by atoms with Crippen molar-refractivity contribution in [1.29, 1.82) is 0 Å². The number of hydrogen-bond acceptors (Lipinski definition) is 4. The van der Waals surface area contributed by atoms with Crippen LogP contribution in [-0.4, -0.2) is 21.6 Å². The molecule has 0 fully saturated rings. The summed E-state index contributed by atoms with van der Waals surface area (Å²) in [6.45, 7) is 7.45. The zero-order valence-electron chi connectivity index (χ0n) is 11.6. The molecule has 0 aliphatic carbocycles. The second-order valence-electron chi connectivity index (χ2n) is 5.43. The first kappa shape index (κ1) is 13.2.